The minimum absolute atomic E-state index is 0.109. The van der Waals surface area contributed by atoms with Crippen molar-refractivity contribution in [2.75, 3.05) is 0 Å². The summed E-state index contributed by atoms with van der Waals surface area (Å²) in [5.74, 6) is 0. The van der Waals surface area contributed by atoms with E-state index in [4.69, 9.17) is 9.47 Å². The maximum atomic E-state index is 12.6. The monoisotopic (exact) mass is 388 g/mol. The van der Waals surface area contributed by atoms with Crippen molar-refractivity contribution < 1.29 is 19.1 Å². The third-order valence-corrected chi connectivity index (χ3v) is 3.53. The first-order valence-electron chi connectivity index (χ1n) is 9.07. The summed E-state index contributed by atoms with van der Waals surface area (Å²) in [6.45, 7) is 12.1. The summed E-state index contributed by atoms with van der Waals surface area (Å²) in [6, 6.07) is 9.48. The van der Waals surface area contributed by atoms with E-state index in [2.05, 4.69) is 10.3 Å². The molecule has 0 bridgehead atoms. The first kappa shape index (κ1) is 21.4. The second-order valence-corrected chi connectivity index (χ2v) is 8.42. The predicted octanol–water partition coefficient (Wildman–Crippen LogP) is 4.25. The van der Waals surface area contributed by atoms with Crippen LogP contribution in [0.3, 0.4) is 0 Å². The smallest absolute Gasteiger partial charge is 0.420 e. The fourth-order valence-corrected chi connectivity index (χ4v) is 2.31. The summed E-state index contributed by atoms with van der Waals surface area (Å²) >= 11 is 0. The predicted molar refractivity (Wildman–Crippen MR) is 104 cm³/mol. The van der Waals surface area contributed by atoms with E-state index in [1.807, 2.05) is 37.3 Å². The van der Waals surface area contributed by atoms with Gasteiger partial charge in [0.05, 0.1) is 17.9 Å². The molecule has 2 rings (SSSR count). The van der Waals surface area contributed by atoms with Crippen LogP contribution in [0.1, 0.15) is 52.9 Å². The van der Waals surface area contributed by atoms with Gasteiger partial charge in [-0.25, -0.2) is 19.2 Å². The Hall–Kier alpha value is -2.90. The van der Waals surface area contributed by atoms with Crippen LogP contribution in [-0.4, -0.2) is 43.3 Å². The zero-order valence-corrected chi connectivity index (χ0v) is 17.5. The maximum absolute atomic E-state index is 12.6. The summed E-state index contributed by atoms with van der Waals surface area (Å²) in [6.07, 6.45) is -1.59. The highest BCUT2D eigenvalue weighted by Crippen LogP contribution is 2.19. The maximum Gasteiger partial charge on any atom is 0.420 e. The van der Waals surface area contributed by atoms with Crippen molar-refractivity contribution in [3.8, 4) is 5.69 Å². The molecule has 0 N–H and O–H groups in total. The topological polar surface area (TPSA) is 86.6 Å². The molecule has 1 aromatic carbocycles. The number of benzene rings is 1. The van der Waals surface area contributed by atoms with Gasteiger partial charge in [0.25, 0.3) is 0 Å². The quantitative estimate of drug-likeness (QED) is 0.781. The van der Waals surface area contributed by atoms with Crippen LogP contribution in [0.4, 0.5) is 9.59 Å². The summed E-state index contributed by atoms with van der Waals surface area (Å²) in [4.78, 5) is 26.2. The third kappa shape index (κ3) is 5.80. The Bertz CT molecular complexity index is 804. The van der Waals surface area contributed by atoms with Crippen LogP contribution in [0, 0.1) is 6.92 Å². The summed E-state index contributed by atoms with van der Waals surface area (Å²) in [7, 11) is 0. The molecule has 0 unspecified atom stereocenters. The average Bonchev–Trinajstić information content (AvgIpc) is 2.90. The molecule has 1 heterocycles. The van der Waals surface area contributed by atoms with Crippen LogP contribution in [0.5, 0.6) is 0 Å². The Kier molecular flexibility index (Phi) is 6.11. The van der Waals surface area contributed by atoms with Crippen molar-refractivity contribution in [2.24, 2.45) is 0 Å². The second kappa shape index (κ2) is 8.00. The first-order chi connectivity index (χ1) is 12.9. The van der Waals surface area contributed by atoms with Gasteiger partial charge in [-0.05, 0) is 60.6 Å². The Morgan fingerprint density at radius 2 is 1.46 bits per heavy atom. The van der Waals surface area contributed by atoms with E-state index in [1.165, 1.54) is 0 Å². The molecule has 0 aliphatic carbocycles. The molecule has 2 amide bonds. The van der Waals surface area contributed by atoms with Gasteiger partial charge in [0.2, 0.25) is 0 Å². The zero-order chi connectivity index (χ0) is 21.1. The Morgan fingerprint density at radius 3 is 1.93 bits per heavy atom. The van der Waals surface area contributed by atoms with Crippen LogP contribution in [-0.2, 0) is 16.0 Å². The second-order valence-electron chi connectivity index (χ2n) is 8.42. The van der Waals surface area contributed by atoms with Gasteiger partial charge in [-0.3, -0.25) is 0 Å². The number of carbonyl (C=O) groups is 2. The summed E-state index contributed by atoms with van der Waals surface area (Å²) in [5.41, 5.74) is 0.506. The molecule has 0 saturated carbocycles. The molecule has 0 atom stereocenters. The van der Waals surface area contributed by atoms with Crippen LogP contribution < -0.4 is 0 Å². The van der Waals surface area contributed by atoms with E-state index in [0.717, 1.165) is 10.6 Å². The lowest BCUT2D eigenvalue weighted by Crippen LogP contribution is -2.43. The van der Waals surface area contributed by atoms with E-state index < -0.39 is 23.4 Å². The van der Waals surface area contributed by atoms with E-state index in [-0.39, 0.29) is 6.54 Å². The van der Waals surface area contributed by atoms with Gasteiger partial charge in [-0.15, -0.1) is 5.10 Å². The molecule has 28 heavy (non-hydrogen) atoms. The van der Waals surface area contributed by atoms with Gasteiger partial charge in [0.15, 0.2) is 0 Å². The largest absolute Gasteiger partial charge is 0.443 e. The van der Waals surface area contributed by atoms with Gasteiger partial charge < -0.3 is 9.47 Å². The zero-order valence-electron chi connectivity index (χ0n) is 17.5. The van der Waals surface area contributed by atoms with Crippen LogP contribution in [0.15, 0.2) is 30.3 Å². The van der Waals surface area contributed by atoms with Gasteiger partial charge in [0, 0.05) is 0 Å². The first-order valence-corrected chi connectivity index (χ1v) is 9.07. The lowest BCUT2D eigenvalue weighted by atomic mass is 10.2. The molecule has 1 aromatic heterocycles. The molecule has 0 fully saturated rings. The van der Waals surface area contributed by atoms with Crippen LogP contribution >= 0.6 is 0 Å². The lowest BCUT2D eigenvalue weighted by Gasteiger charge is -2.28. The molecule has 0 saturated heterocycles. The fraction of sp³-hybridized carbons (Fsp3) is 0.500. The molecule has 0 aliphatic rings. The number of imide groups is 1. The Morgan fingerprint density at radius 1 is 0.964 bits per heavy atom. The number of ether oxygens (including phenoxy) is 2. The molecule has 8 heteroatoms. The van der Waals surface area contributed by atoms with Gasteiger partial charge in [-0.1, -0.05) is 23.4 Å². The lowest BCUT2D eigenvalue weighted by molar-refractivity contribution is -0.000498. The highest BCUT2D eigenvalue weighted by Gasteiger charge is 2.32. The van der Waals surface area contributed by atoms with Crippen LogP contribution in [0.25, 0.3) is 5.69 Å². The van der Waals surface area contributed by atoms with Crippen molar-refractivity contribution in [3.05, 3.63) is 41.7 Å². The van der Waals surface area contributed by atoms with Crippen molar-refractivity contribution in [2.45, 2.75) is 66.2 Å². The molecule has 0 radical (unpaired) electrons. The highest BCUT2D eigenvalue weighted by atomic mass is 16.6. The normalized spacial score (nSPS) is 11.8. The van der Waals surface area contributed by atoms with E-state index in [1.54, 1.807) is 46.2 Å². The van der Waals surface area contributed by atoms with E-state index in [9.17, 15) is 9.59 Å². The standard InChI is InChI=1S/C20H28N4O4/c1-14-16(21-22-24(14)15-11-9-8-10-12-15)13-23(17(25)27-19(2,3)4)18(26)28-20(5,6)7/h8-12H,13H2,1-7H3. The van der Waals surface area contributed by atoms with Crippen molar-refractivity contribution in [3.63, 3.8) is 0 Å². The third-order valence-electron chi connectivity index (χ3n) is 3.53. The SMILES string of the molecule is Cc1c(CN(C(=O)OC(C)(C)C)C(=O)OC(C)(C)C)nnn1-c1ccccc1. The Labute approximate surface area is 165 Å². The summed E-state index contributed by atoms with van der Waals surface area (Å²) in [5, 5.41) is 8.29. The number of aromatic nitrogens is 3. The Balaban J connectivity index is 2.31. The number of carbonyl (C=O) groups excluding carboxylic acids is 2. The van der Waals surface area contributed by atoms with Crippen molar-refractivity contribution >= 4 is 12.2 Å². The molecule has 2 aromatic rings. The molecule has 152 valence electrons. The molecular formula is C20H28N4O4. The number of para-hydroxylation sites is 1. The molecule has 8 nitrogen and oxygen atoms in total. The van der Waals surface area contributed by atoms with Crippen molar-refractivity contribution in [1.82, 2.24) is 19.9 Å². The number of nitrogens with zero attached hydrogens (tertiary/aromatic N) is 4. The average molecular weight is 388 g/mol. The van der Waals surface area contributed by atoms with E-state index in [0.29, 0.717) is 11.4 Å². The number of hydrogen-bond acceptors (Lipinski definition) is 6. The van der Waals surface area contributed by atoms with Gasteiger partial charge in [0.1, 0.15) is 16.9 Å². The van der Waals surface area contributed by atoms with Crippen molar-refractivity contribution in [1.29, 1.82) is 0 Å². The minimum Gasteiger partial charge on any atom is -0.443 e. The van der Waals surface area contributed by atoms with Gasteiger partial charge >= 0.3 is 12.2 Å². The van der Waals surface area contributed by atoms with Gasteiger partial charge in [-0.2, -0.15) is 0 Å². The number of rotatable bonds is 3. The molecule has 0 spiro atoms. The molecule has 0 aliphatic heterocycles. The highest BCUT2D eigenvalue weighted by molar-refractivity contribution is 5.88. The number of hydrogen-bond donors (Lipinski definition) is 0. The van der Waals surface area contributed by atoms with Crippen LogP contribution in [0.2, 0.25) is 0 Å². The fourth-order valence-electron chi connectivity index (χ4n) is 2.31. The van der Waals surface area contributed by atoms with E-state index >= 15 is 0 Å². The minimum atomic E-state index is -0.796. The number of amides is 2. The molecular weight excluding hydrogens is 360 g/mol. The summed E-state index contributed by atoms with van der Waals surface area (Å²) < 4.78 is 12.4.